The summed E-state index contributed by atoms with van der Waals surface area (Å²) in [7, 11) is 0. The lowest BCUT2D eigenvalue weighted by atomic mass is 9.87. The molecule has 1 saturated carbocycles. The van der Waals surface area contributed by atoms with Crippen LogP contribution in [-0.2, 0) is 0 Å². The number of ether oxygens (including phenoxy) is 1. The maximum absolute atomic E-state index is 5.80. The van der Waals surface area contributed by atoms with Gasteiger partial charge in [-0.25, -0.2) is 0 Å². The zero-order valence-corrected chi connectivity index (χ0v) is 12.3. The monoisotopic (exact) mass is 261 g/mol. The van der Waals surface area contributed by atoms with Crippen LogP contribution in [0.4, 0.5) is 0 Å². The minimum Gasteiger partial charge on any atom is -0.493 e. The van der Waals surface area contributed by atoms with E-state index in [1.54, 1.807) is 0 Å². The number of hydrogen-bond donors (Lipinski definition) is 1. The summed E-state index contributed by atoms with van der Waals surface area (Å²) in [6.45, 7) is 6.34. The molecule has 0 unspecified atom stereocenters. The lowest BCUT2D eigenvalue weighted by molar-refractivity contribution is 0.281. The van der Waals surface area contributed by atoms with E-state index in [1.807, 2.05) is 18.2 Å². The first kappa shape index (κ1) is 14.4. The van der Waals surface area contributed by atoms with Crippen molar-refractivity contribution in [1.82, 2.24) is 5.32 Å². The molecule has 0 heterocycles. The Kier molecular flexibility index (Phi) is 5.71. The summed E-state index contributed by atoms with van der Waals surface area (Å²) >= 11 is 0. The van der Waals surface area contributed by atoms with Crippen LogP contribution in [0.25, 0.3) is 0 Å². The number of nitrogens with one attached hydrogen (secondary N) is 1. The van der Waals surface area contributed by atoms with Crippen molar-refractivity contribution in [2.45, 2.75) is 52.0 Å². The van der Waals surface area contributed by atoms with E-state index in [0.29, 0.717) is 0 Å². The molecular weight excluding hydrogens is 234 g/mol. The Hall–Kier alpha value is -1.02. The van der Waals surface area contributed by atoms with Crippen molar-refractivity contribution in [2.24, 2.45) is 5.92 Å². The van der Waals surface area contributed by atoms with Crippen molar-refractivity contribution in [3.05, 3.63) is 29.8 Å². The zero-order chi connectivity index (χ0) is 13.5. The number of hydrogen-bond acceptors (Lipinski definition) is 2. The van der Waals surface area contributed by atoms with Crippen LogP contribution in [0.15, 0.2) is 24.3 Å². The molecule has 1 aromatic carbocycles. The van der Waals surface area contributed by atoms with E-state index in [9.17, 15) is 0 Å². The standard InChI is InChI=1S/C17H27NO/c1-14-8-10-16(11-9-14)18-12-5-13-19-17-7-4-3-6-15(17)2/h3-4,6-7,14,16,18H,5,8-13H2,1-2H3/t14-,16-. The van der Waals surface area contributed by atoms with Gasteiger partial charge in [0.2, 0.25) is 0 Å². The summed E-state index contributed by atoms with van der Waals surface area (Å²) in [5, 5.41) is 3.66. The van der Waals surface area contributed by atoms with E-state index in [2.05, 4.69) is 25.2 Å². The molecule has 1 aliphatic rings. The van der Waals surface area contributed by atoms with Gasteiger partial charge in [0.25, 0.3) is 0 Å². The molecule has 19 heavy (non-hydrogen) atoms. The molecule has 1 aliphatic carbocycles. The fourth-order valence-electron chi connectivity index (χ4n) is 2.74. The highest BCUT2D eigenvalue weighted by Crippen LogP contribution is 2.23. The van der Waals surface area contributed by atoms with Gasteiger partial charge in [0.15, 0.2) is 0 Å². The molecule has 1 aromatic rings. The number of rotatable bonds is 6. The molecule has 2 rings (SSSR count). The molecule has 0 aliphatic heterocycles. The van der Waals surface area contributed by atoms with E-state index < -0.39 is 0 Å². The molecule has 2 heteroatoms. The van der Waals surface area contributed by atoms with Crippen LogP contribution < -0.4 is 10.1 Å². The van der Waals surface area contributed by atoms with E-state index in [1.165, 1.54) is 31.2 Å². The predicted molar refractivity (Wildman–Crippen MR) is 80.7 cm³/mol. The average Bonchev–Trinajstić information content (AvgIpc) is 2.42. The Morgan fingerprint density at radius 2 is 1.89 bits per heavy atom. The third-order valence-corrected chi connectivity index (χ3v) is 4.12. The summed E-state index contributed by atoms with van der Waals surface area (Å²) in [5.74, 6) is 1.96. The summed E-state index contributed by atoms with van der Waals surface area (Å²) < 4.78 is 5.80. The summed E-state index contributed by atoms with van der Waals surface area (Å²) in [6.07, 6.45) is 6.55. The lowest BCUT2D eigenvalue weighted by Gasteiger charge is -2.27. The van der Waals surface area contributed by atoms with E-state index >= 15 is 0 Å². The van der Waals surface area contributed by atoms with E-state index in [4.69, 9.17) is 4.74 Å². The molecule has 0 spiro atoms. The second-order valence-corrected chi connectivity index (χ2v) is 5.88. The lowest BCUT2D eigenvalue weighted by Crippen LogP contribution is -2.33. The molecule has 106 valence electrons. The molecule has 0 amide bonds. The van der Waals surface area contributed by atoms with Crippen molar-refractivity contribution < 1.29 is 4.74 Å². The average molecular weight is 261 g/mol. The number of aryl methyl sites for hydroxylation is 1. The van der Waals surface area contributed by atoms with Crippen LogP contribution in [0.3, 0.4) is 0 Å². The summed E-state index contributed by atoms with van der Waals surface area (Å²) in [4.78, 5) is 0. The molecule has 0 aromatic heterocycles. The van der Waals surface area contributed by atoms with Gasteiger partial charge >= 0.3 is 0 Å². The van der Waals surface area contributed by atoms with Gasteiger partial charge in [-0.1, -0.05) is 25.1 Å². The van der Waals surface area contributed by atoms with Crippen molar-refractivity contribution >= 4 is 0 Å². The first-order valence-corrected chi connectivity index (χ1v) is 7.67. The zero-order valence-electron chi connectivity index (χ0n) is 12.3. The van der Waals surface area contributed by atoms with Gasteiger partial charge in [-0.3, -0.25) is 0 Å². The predicted octanol–water partition coefficient (Wildman–Crippen LogP) is 3.93. The van der Waals surface area contributed by atoms with Crippen LogP contribution in [0, 0.1) is 12.8 Å². The Bertz CT molecular complexity index is 369. The third-order valence-electron chi connectivity index (χ3n) is 4.12. The van der Waals surface area contributed by atoms with Crippen molar-refractivity contribution in [3.63, 3.8) is 0 Å². The molecule has 0 bridgehead atoms. The minimum atomic E-state index is 0.745. The molecular formula is C17H27NO. The van der Waals surface area contributed by atoms with Gasteiger partial charge in [-0.15, -0.1) is 0 Å². The quantitative estimate of drug-likeness (QED) is 0.783. The van der Waals surface area contributed by atoms with E-state index in [-0.39, 0.29) is 0 Å². The number of benzene rings is 1. The second-order valence-electron chi connectivity index (χ2n) is 5.88. The Morgan fingerprint density at radius 3 is 2.63 bits per heavy atom. The molecule has 0 saturated heterocycles. The van der Waals surface area contributed by atoms with Crippen LogP contribution in [-0.4, -0.2) is 19.2 Å². The largest absolute Gasteiger partial charge is 0.493 e. The van der Waals surface area contributed by atoms with Gasteiger partial charge in [0.05, 0.1) is 6.61 Å². The normalized spacial score (nSPS) is 23.3. The van der Waals surface area contributed by atoms with Gasteiger partial charge < -0.3 is 10.1 Å². The Balaban J connectivity index is 1.56. The van der Waals surface area contributed by atoms with Crippen LogP contribution in [0.5, 0.6) is 5.75 Å². The fourth-order valence-corrected chi connectivity index (χ4v) is 2.74. The highest BCUT2D eigenvalue weighted by Gasteiger charge is 2.16. The third kappa shape index (κ3) is 4.87. The van der Waals surface area contributed by atoms with Gasteiger partial charge in [0, 0.05) is 6.04 Å². The fraction of sp³-hybridized carbons (Fsp3) is 0.647. The molecule has 1 fully saturated rings. The SMILES string of the molecule is Cc1ccccc1OCCCN[C@H]1CC[C@H](C)CC1. The van der Waals surface area contributed by atoms with Crippen LogP contribution >= 0.6 is 0 Å². The molecule has 0 radical (unpaired) electrons. The summed E-state index contributed by atoms with van der Waals surface area (Å²) in [6, 6.07) is 8.97. The maximum Gasteiger partial charge on any atom is 0.122 e. The van der Waals surface area contributed by atoms with Crippen LogP contribution in [0.1, 0.15) is 44.6 Å². The molecule has 1 N–H and O–H groups in total. The maximum atomic E-state index is 5.80. The van der Waals surface area contributed by atoms with Gasteiger partial charge in [0.1, 0.15) is 5.75 Å². The van der Waals surface area contributed by atoms with Crippen molar-refractivity contribution in [3.8, 4) is 5.75 Å². The Labute approximate surface area is 117 Å². The van der Waals surface area contributed by atoms with Crippen molar-refractivity contribution in [2.75, 3.05) is 13.2 Å². The minimum absolute atomic E-state index is 0.745. The second kappa shape index (κ2) is 7.54. The summed E-state index contributed by atoms with van der Waals surface area (Å²) in [5.41, 5.74) is 1.22. The first-order chi connectivity index (χ1) is 9.25. The van der Waals surface area contributed by atoms with Crippen LogP contribution in [0.2, 0.25) is 0 Å². The highest BCUT2D eigenvalue weighted by atomic mass is 16.5. The smallest absolute Gasteiger partial charge is 0.122 e. The topological polar surface area (TPSA) is 21.3 Å². The number of para-hydroxylation sites is 1. The van der Waals surface area contributed by atoms with Crippen molar-refractivity contribution in [1.29, 1.82) is 0 Å². The first-order valence-electron chi connectivity index (χ1n) is 7.67. The Morgan fingerprint density at radius 1 is 1.16 bits per heavy atom. The molecule has 2 nitrogen and oxygen atoms in total. The molecule has 0 atom stereocenters. The van der Waals surface area contributed by atoms with Gasteiger partial charge in [-0.05, 0) is 63.1 Å². The highest BCUT2D eigenvalue weighted by molar-refractivity contribution is 5.31. The van der Waals surface area contributed by atoms with Gasteiger partial charge in [-0.2, -0.15) is 0 Å². The van der Waals surface area contributed by atoms with E-state index in [0.717, 1.165) is 37.3 Å².